The van der Waals surface area contributed by atoms with E-state index in [2.05, 4.69) is 5.32 Å². The molecule has 0 spiro atoms. The first-order valence-corrected chi connectivity index (χ1v) is 10.7. The standard InChI is InChI=1S/C21H21ClN2O4S/c1-2-28-17-9-7-16(8-10-17)24-20(26)13-18(21(24)27)29-12-11-19(25)23-15-5-3-14(22)4-6-15/h3-10,18H,2,11-13H2,1H3,(H,23,25)/t18-/m0/s1. The van der Waals surface area contributed by atoms with Crippen molar-refractivity contribution in [2.45, 2.75) is 25.0 Å². The second-order valence-corrected chi connectivity index (χ2v) is 8.11. The molecule has 0 radical (unpaired) electrons. The lowest BCUT2D eigenvalue weighted by molar-refractivity contribution is -0.121. The van der Waals surface area contributed by atoms with E-state index in [1.165, 1.54) is 16.7 Å². The number of hydrogen-bond donors (Lipinski definition) is 1. The molecule has 1 N–H and O–H groups in total. The number of nitrogens with one attached hydrogen (secondary N) is 1. The van der Waals surface area contributed by atoms with Crippen LogP contribution in [0, 0.1) is 0 Å². The van der Waals surface area contributed by atoms with Crippen molar-refractivity contribution in [3.63, 3.8) is 0 Å². The quantitative estimate of drug-likeness (QED) is 0.634. The lowest BCUT2D eigenvalue weighted by Crippen LogP contribution is -2.31. The SMILES string of the molecule is CCOc1ccc(N2C(=O)C[C@H](SCCC(=O)Nc3ccc(Cl)cc3)C2=O)cc1. The van der Waals surface area contributed by atoms with Crippen molar-refractivity contribution in [3.05, 3.63) is 53.6 Å². The molecule has 1 fully saturated rings. The van der Waals surface area contributed by atoms with Crippen LogP contribution in [0.4, 0.5) is 11.4 Å². The summed E-state index contributed by atoms with van der Waals surface area (Å²) in [5.74, 6) is 0.498. The molecule has 0 saturated carbocycles. The Kier molecular flexibility index (Phi) is 7.17. The van der Waals surface area contributed by atoms with E-state index < -0.39 is 5.25 Å². The highest BCUT2D eigenvalue weighted by atomic mass is 35.5. The van der Waals surface area contributed by atoms with Crippen molar-refractivity contribution in [1.82, 2.24) is 0 Å². The van der Waals surface area contributed by atoms with Crippen LogP contribution in [0.1, 0.15) is 19.8 Å². The van der Waals surface area contributed by atoms with E-state index in [4.69, 9.17) is 16.3 Å². The highest BCUT2D eigenvalue weighted by Gasteiger charge is 2.39. The molecule has 3 amide bonds. The van der Waals surface area contributed by atoms with Crippen LogP contribution in [0.25, 0.3) is 0 Å². The second-order valence-electron chi connectivity index (χ2n) is 6.36. The molecule has 2 aromatic carbocycles. The fourth-order valence-corrected chi connectivity index (χ4v) is 4.14. The minimum atomic E-state index is -0.475. The maximum Gasteiger partial charge on any atom is 0.247 e. The molecular formula is C21H21ClN2O4S. The summed E-state index contributed by atoms with van der Waals surface area (Å²) in [7, 11) is 0. The van der Waals surface area contributed by atoms with Gasteiger partial charge in [-0.25, -0.2) is 4.90 Å². The smallest absolute Gasteiger partial charge is 0.247 e. The molecule has 0 aliphatic carbocycles. The lowest BCUT2D eigenvalue weighted by atomic mass is 10.3. The topological polar surface area (TPSA) is 75.7 Å². The Morgan fingerprint density at radius 3 is 2.52 bits per heavy atom. The number of thioether (sulfide) groups is 1. The summed E-state index contributed by atoms with van der Waals surface area (Å²) in [5.41, 5.74) is 1.20. The second kappa shape index (κ2) is 9.80. The molecular weight excluding hydrogens is 412 g/mol. The summed E-state index contributed by atoms with van der Waals surface area (Å²) in [6, 6.07) is 13.7. The summed E-state index contributed by atoms with van der Waals surface area (Å²) < 4.78 is 5.39. The van der Waals surface area contributed by atoms with Crippen molar-refractivity contribution in [1.29, 1.82) is 0 Å². The van der Waals surface area contributed by atoms with E-state index in [-0.39, 0.29) is 30.6 Å². The highest BCUT2D eigenvalue weighted by molar-refractivity contribution is 8.00. The molecule has 1 aliphatic rings. The Labute approximate surface area is 178 Å². The van der Waals surface area contributed by atoms with Gasteiger partial charge in [0.15, 0.2) is 0 Å². The van der Waals surface area contributed by atoms with Crippen LogP contribution in [-0.4, -0.2) is 35.3 Å². The van der Waals surface area contributed by atoms with E-state index in [0.29, 0.717) is 34.5 Å². The summed E-state index contributed by atoms with van der Waals surface area (Å²) in [6.07, 6.45) is 0.379. The van der Waals surface area contributed by atoms with Gasteiger partial charge in [0, 0.05) is 29.3 Å². The summed E-state index contributed by atoms with van der Waals surface area (Å²) in [4.78, 5) is 38.3. The first kappa shape index (κ1) is 21.2. The summed E-state index contributed by atoms with van der Waals surface area (Å²) in [5, 5.41) is 2.90. The van der Waals surface area contributed by atoms with Crippen LogP contribution in [0.2, 0.25) is 5.02 Å². The van der Waals surface area contributed by atoms with Crippen LogP contribution in [0.15, 0.2) is 48.5 Å². The molecule has 29 heavy (non-hydrogen) atoms. The van der Waals surface area contributed by atoms with E-state index in [1.54, 1.807) is 48.5 Å². The van der Waals surface area contributed by atoms with Gasteiger partial charge in [0.05, 0.1) is 17.5 Å². The fraction of sp³-hybridized carbons (Fsp3) is 0.286. The van der Waals surface area contributed by atoms with Crippen molar-refractivity contribution < 1.29 is 19.1 Å². The van der Waals surface area contributed by atoms with E-state index in [0.717, 1.165) is 0 Å². The number of benzene rings is 2. The number of carbonyl (C=O) groups excluding carboxylic acids is 3. The van der Waals surface area contributed by atoms with Crippen molar-refractivity contribution in [2.75, 3.05) is 22.6 Å². The molecule has 8 heteroatoms. The van der Waals surface area contributed by atoms with Gasteiger partial charge in [-0.3, -0.25) is 14.4 Å². The molecule has 1 heterocycles. The minimum absolute atomic E-state index is 0.134. The van der Waals surface area contributed by atoms with Crippen LogP contribution in [0.3, 0.4) is 0 Å². The minimum Gasteiger partial charge on any atom is -0.494 e. The third kappa shape index (κ3) is 5.52. The van der Waals surface area contributed by atoms with Gasteiger partial charge in [0.2, 0.25) is 17.7 Å². The van der Waals surface area contributed by atoms with Crippen molar-refractivity contribution in [2.24, 2.45) is 0 Å². The Morgan fingerprint density at radius 2 is 1.86 bits per heavy atom. The predicted octanol–water partition coefficient (Wildman–Crippen LogP) is 4.13. The van der Waals surface area contributed by atoms with Gasteiger partial charge in [0.25, 0.3) is 0 Å². The van der Waals surface area contributed by atoms with E-state index in [9.17, 15) is 14.4 Å². The van der Waals surface area contributed by atoms with Crippen molar-refractivity contribution >= 4 is 52.5 Å². The van der Waals surface area contributed by atoms with Gasteiger partial charge in [-0.15, -0.1) is 11.8 Å². The van der Waals surface area contributed by atoms with Crippen LogP contribution >= 0.6 is 23.4 Å². The molecule has 0 aromatic heterocycles. The average molecular weight is 433 g/mol. The number of rotatable bonds is 8. The van der Waals surface area contributed by atoms with Gasteiger partial charge in [-0.05, 0) is 55.5 Å². The van der Waals surface area contributed by atoms with E-state index in [1.807, 2.05) is 6.92 Å². The number of carbonyl (C=O) groups is 3. The third-order valence-corrected chi connectivity index (χ3v) is 5.75. The third-order valence-electron chi connectivity index (χ3n) is 4.29. The van der Waals surface area contributed by atoms with Crippen LogP contribution < -0.4 is 15.0 Å². The average Bonchev–Trinajstić information content (AvgIpc) is 2.98. The van der Waals surface area contributed by atoms with Crippen molar-refractivity contribution in [3.8, 4) is 5.75 Å². The predicted molar refractivity (Wildman–Crippen MR) is 116 cm³/mol. The Morgan fingerprint density at radius 1 is 1.17 bits per heavy atom. The maximum absolute atomic E-state index is 12.7. The number of amides is 3. The lowest BCUT2D eigenvalue weighted by Gasteiger charge is -2.15. The molecule has 2 aromatic rings. The molecule has 6 nitrogen and oxygen atoms in total. The molecule has 152 valence electrons. The van der Waals surface area contributed by atoms with Crippen LogP contribution in [-0.2, 0) is 14.4 Å². The zero-order valence-corrected chi connectivity index (χ0v) is 17.5. The maximum atomic E-state index is 12.7. The number of hydrogen-bond acceptors (Lipinski definition) is 5. The van der Waals surface area contributed by atoms with Gasteiger partial charge in [-0.1, -0.05) is 11.6 Å². The van der Waals surface area contributed by atoms with Gasteiger partial charge in [0.1, 0.15) is 5.75 Å². The van der Waals surface area contributed by atoms with E-state index >= 15 is 0 Å². The first-order valence-electron chi connectivity index (χ1n) is 9.24. The zero-order chi connectivity index (χ0) is 20.8. The normalized spacial score (nSPS) is 16.2. The number of halogens is 1. The molecule has 3 rings (SSSR count). The van der Waals surface area contributed by atoms with Gasteiger partial charge in [-0.2, -0.15) is 0 Å². The van der Waals surface area contributed by atoms with Crippen LogP contribution in [0.5, 0.6) is 5.75 Å². The summed E-state index contributed by atoms with van der Waals surface area (Å²) in [6.45, 7) is 2.43. The Bertz CT molecular complexity index is 887. The number of anilines is 2. The number of ether oxygens (including phenoxy) is 1. The number of imide groups is 1. The van der Waals surface area contributed by atoms with Gasteiger partial charge >= 0.3 is 0 Å². The largest absolute Gasteiger partial charge is 0.494 e. The Hall–Kier alpha value is -2.51. The first-order chi connectivity index (χ1) is 14.0. The monoisotopic (exact) mass is 432 g/mol. The highest BCUT2D eigenvalue weighted by Crippen LogP contribution is 2.31. The number of nitrogens with zero attached hydrogens (tertiary/aromatic N) is 1. The molecule has 1 aliphatic heterocycles. The van der Waals surface area contributed by atoms with Gasteiger partial charge < -0.3 is 10.1 Å². The molecule has 0 bridgehead atoms. The molecule has 1 saturated heterocycles. The molecule has 0 unspecified atom stereocenters. The Balaban J connectivity index is 1.50. The summed E-state index contributed by atoms with van der Waals surface area (Å²) >= 11 is 7.15. The fourth-order valence-electron chi connectivity index (χ4n) is 2.91. The zero-order valence-electron chi connectivity index (χ0n) is 15.9. The molecule has 1 atom stereocenters.